The first-order valence-corrected chi connectivity index (χ1v) is 3.52. The van der Waals surface area contributed by atoms with Crippen molar-refractivity contribution in [1.29, 1.82) is 0 Å². The quantitative estimate of drug-likeness (QED) is 0.608. The fraction of sp³-hybridized carbons (Fsp3) is 0.500. The highest BCUT2D eigenvalue weighted by Gasteiger charge is 2.12. The molecule has 2 nitrogen and oxygen atoms in total. The summed E-state index contributed by atoms with van der Waals surface area (Å²) in [6.07, 6.45) is 1.16. The number of halogens is 1. The zero-order chi connectivity index (χ0) is 9.02. The molecule has 0 aromatic carbocycles. The fourth-order valence-corrected chi connectivity index (χ4v) is 0.592. The molecule has 0 saturated heterocycles. The van der Waals surface area contributed by atoms with Gasteiger partial charge in [-0.05, 0) is 12.0 Å². The first-order chi connectivity index (χ1) is 4.95. The molecule has 0 spiro atoms. The molecule has 0 heterocycles. The van der Waals surface area contributed by atoms with E-state index < -0.39 is 11.9 Å². The maximum absolute atomic E-state index is 12.9. The van der Waals surface area contributed by atoms with Gasteiger partial charge in [-0.25, -0.2) is 4.39 Å². The summed E-state index contributed by atoms with van der Waals surface area (Å²) in [7, 11) is 0. The molecule has 0 bridgehead atoms. The standard InChI is InChI=1S/C8H15FN2/c1-5(2)8(11)7(9)4-6(3)10/h4-5,8H,3,10-11H2,1-2H3/b7-4+. The van der Waals surface area contributed by atoms with Crippen molar-refractivity contribution in [2.24, 2.45) is 17.4 Å². The fourth-order valence-electron chi connectivity index (χ4n) is 0.592. The third kappa shape index (κ3) is 3.78. The lowest BCUT2D eigenvalue weighted by Gasteiger charge is -2.12. The van der Waals surface area contributed by atoms with Crippen molar-refractivity contribution in [3.05, 3.63) is 24.2 Å². The van der Waals surface area contributed by atoms with Gasteiger partial charge in [0.05, 0.1) is 6.04 Å². The van der Waals surface area contributed by atoms with Crippen LogP contribution in [0.25, 0.3) is 0 Å². The Hall–Kier alpha value is -0.830. The van der Waals surface area contributed by atoms with Gasteiger partial charge in [-0.2, -0.15) is 0 Å². The second-order valence-electron chi connectivity index (χ2n) is 2.87. The van der Waals surface area contributed by atoms with Gasteiger partial charge >= 0.3 is 0 Å². The molecule has 0 fully saturated rings. The number of allylic oxidation sites excluding steroid dienone is 1. The van der Waals surface area contributed by atoms with Gasteiger partial charge in [-0.15, -0.1) is 0 Å². The highest BCUT2D eigenvalue weighted by molar-refractivity contribution is 5.17. The lowest BCUT2D eigenvalue weighted by molar-refractivity contribution is 0.451. The summed E-state index contributed by atoms with van der Waals surface area (Å²) in [5.74, 6) is -0.335. The molecule has 4 N–H and O–H groups in total. The van der Waals surface area contributed by atoms with Crippen LogP contribution in [0.3, 0.4) is 0 Å². The number of nitrogens with two attached hydrogens (primary N) is 2. The minimum Gasteiger partial charge on any atom is -0.399 e. The van der Waals surface area contributed by atoms with Crippen molar-refractivity contribution < 1.29 is 4.39 Å². The molecule has 0 amide bonds. The lowest BCUT2D eigenvalue weighted by Crippen LogP contribution is -2.27. The summed E-state index contributed by atoms with van der Waals surface area (Å²) in [5, 5.41) is 0. The van der Waals surface area contributed by atoms with Gasteiger partial charge in [0.15, 0.2) is 0 Å². The van der Waals surface area contributed by atoms with Crippen LogP contribution in [0, 0.1) is 5.92 Å². The van der Waals surface area contributed by atoms with Gasteiger partial charge in [0, 0.05) is 5.70 Å². The topological polar surface area (TPSA) is 52.0 Å². The highest BCUT2D eigenvalue weighted by atomic mass is 19.1. The van der Waals surface area contributed by atoms with Crippen molar-refractivity contribution >= 4 is 0 Å². The van der Waals surface area contributed by atoms with Gasteiger partial charge in [0.2, 0.25) is 0 Å². The van der Waals surface area contributed by atoms with Crippen LogP contribution >= 0.6 is 0 Å². The highest BCUT2D eigenvalue weighted by Crippen LogP contribution is 2.11. The van der Waals surface area contributed by atoms with Crippen molar-refractivity contribution in [2.45, 2.75) is 19.9 Å². The van der Waals surface area contributed by atoms with Crippen molar-refractivity contribution in [2.75, 3.05) is 0 Å². The second-order valence-corrected chi connectivity index (χ2v) is 2.87. The monoisotopic (exact) mass is 158 g/mol. The number of hydrogen-bond acceptors (Lipinski definition) is 2. The molecular weight excluding hydrogens is 143 g/mol. The third-order valence-electron chi connectivity index (χ3n) is 1.36. The summed E-state index contributed by atoms with van der Waals surface area (Å²) >= 11 is 0. The smallest absolute Gasteiger partial charge is 0.119 e. The Balaban J connectivity index is 4.23. The summed E-state index contributed by atoms with van der Waals surface area (Å²) in [5.41, 5.74) is 10.8. The van der Waals surface area contributed by atoms with Gasteiger partial charge in [0.1, 0.15) is 5.83 Å². The molecule has 0 aliphatic rings. The Morgan fingerprint density at radius 1 is 1.55 bits per heavy atom. The summed E-state index contributed by atoms with van der Waals surface area (Å²) in [4.78, 5) is 0. The van der Waals surface area contributed by atoms with Crippen LogP contribution in [0.15, 0.2) is 24.2 Å². The molecule has 0 aromatic heterocycles. The van der Waals surface area contributed by atoms with Crippen LogP contribution in [-0.2, 0) is 0 Å². The van der Waals surface area contributed by atoms with Crippen LogP contribution in [0.1, 0.15) is 13.8 Å². The van der Waals surface area contributed by atoms with Crippen LogP contribution in [0.2, 0.25) is 0 Å². The molecule has 0 rings (SSSR count). The molecule has 1 atom stereocenters. The van der Waals surface area contributed by atoms with Crippen molar-refractivity contribution in [3.8, 4) is 0 Å². The van der Waals surface area contributed by atoms with E-state index in [1.54, 1.807) is 0 Å². The molecule has 0 radical (unpaired) electrons. The van der Waals surface area contributed by atoms with Crippen molar-refractivity contribution in [1.82, 2.24) is 0 Å². The van der Waals surface area contributed by atoms with Gasteiger partial charge < -0.3 is 11.5 Å². The molecule has 0 saturated carbocycles. The summed E-state index contributed by atoms with van der Waals surface area (Å²) < 4.78 is 12.9. The maximum Gasteiger partial charge on any atom is 0.119 e. The second kappa shape index (κ2) is 4.13. The number of hydrogen-bond donors (Lipinski definition) is 2. The predicted octanol–water partition coefficient (Wildman–Crippen LogP) is 1.30. The third-order valence-corrected chi connectivity index (χ3v) is 1.36. The van der Waals surface area contributed by atoms with Gasteiger partial charge in [-0.1, -0.05) is 20.4 Å². The Morgan fingerprint density at radius 3 is 2.27 bits per heavy atom. The number of rotatable bonds is 3. The van der Waals surface area contributed by atoms with E-state index in [4.69, 9.17) is 11.5 Å². The Kier molecular flexibility index (Phi) is 3.82. The minimum absolute atomic E-state index is 0.0746. The van der Waals surface area contributed by atoms with E-state index in [0.717, 1.165) is 6.08 Å². The zero-order valence-electron chi connectivity index (χ0n) is 6.97. The van der Waals surface area contributed by atoms with E-state index in [0.29, 0.717) is 0 Å². The summed E-state index contributed by atoms with van der Waals surface area (Å²) in [6, 6.07) is -0.574. The Morgan fingerprint density at radius 2 is 2.00 bits per heavy atom. The SMILES string of the molecule is C=C(N)/C=C(/F)C(N)C(C)C. The average Bonchev–Trinajstić information content (AvgIpc) is 1.84. The molecule has 3 heteroatoms. The minimum atomic E-state index is -0.574. The molecule has 0 aliphatic carbocycles. The van der Waals surface area contributed by atoms with E-state index in [1.165, 1.54) is 0 Å². The van der Waals surface area contributed by atoms with Crippen LogP contribution in [0.4, 0.5) is 4.39 Å². The van der Waals surface area contributed by atoms with Crippen LogP contribution in [-0.4, -0.2) is 6.04 Å². The predicted molar refractivity (Wildman–Crippen MR) is 45.3 cm³/mol. The molecule has 0 aromatic rings. The lowest BCUT2D eigenvalue weighted by atomic mass is 10.0. The maximum atomic E-state index is 12.9. The van der Waals surface area contributed by atoms with Crippen molar-refractivity contribution in [3.63, 3.8) is 0 Å². The van der Waals surface area contributed by atoms with E-state index in [9.17, 15) is 4.39 Å². The van der Waals surface area contributed by atoms with Crippen LogP contribution < -0.4 is 11.5 Å². The molecule has 0 aliphatic heterocycles. The van der Waals surface area contributed by atoms with Gasteiger partial charge in [-0.3, -0.25) is 0 Å². The average molecular weight is 158 g/mol. The van der Waals surface area contributed by atoms with E-state index in [-0.39, 0.29) is 11.6 Å². The molecule has 11 heavy (non-hydrogen) atoms. The Labute approximate surface area is 66.8 Å². The van der Waals surface area contributed by atoms with E-state index in [2.05, 4.69) is 6.58 Å². The molecular formula is C8H15FN2. The van der Waals surface area contributed by atoms with E-state index in [1.807, 2.05) is 13.8 Å². The largest absolute Gasteiger partial charge is 0.399 e. The van der Waals surface area contributed by atoms with E-state index >= 15 is 0 Å². The normalized spacial score (nSPS) is 15.2. The first kappa shape index (κ1) is 10.2. The summed E-state index contributed by atoms with van der Waals surface area (Å²) in [6.45, 7) is 7.03. The van der Waals surface area contributed by atoms with Crippen LogP contribution in [0.5, 0.6) is 0 Å². The zero-order valence-corrected chi connectivity index (χ0v) is 6.97. The molecule has 1 unspecified atom stereocenters. The Bertz CT molecular complexity index is 173. The van der Waals surface area contributed by atoms with Gasteiger partial charge in [0.25, 0.3) is 0 Å². The first-order valence-electron chi connectivity index (χ1n) is 3.52. The molecule has 64 valence electrons.